The summed E-state index contributed by atoms with van der Waals surface area (Å²) in [5.74, 6) is 1.71. The van der Waals surface area contributed by atoms with E-state index in [4.69, 9.17) is 5.41 Å². The molecule has 0 radical (unpaired) electrons. The number of benzene rings is 3. The molecule has 4 aromatic rings. The maximum atomic E-state index is 8.08. The first-order valence-electron chi connectivity index (χ1n) is 13.4. The van der Waals surface area contributed by atoms with Crippen molar-refractivity contribution in [3.8, 4) is 5.69 Å². The summed E-state index contributed by atoms with van der Waals surface area (Å²) >= 11 is 1.82. The van der Waals surface area contributed by atoms with Gasteiger partial charge in [0, 0.05) is 42.9 Å². The van der Waals surface area contributed by atoms with E-state index in [9.17, 15) is 0 Å². The van der Waals surface area contributed by atoms with Crippen LogP contribution in [0.2, 0.25) is 0 Å². The van der Waals surface area contributed by atoms with Gasteiger partial charge in [0.15, 0.2) is 0 Å². The van der Waals surface area contributed by atoms with Gasteiger partial charge in [0.05, 0.1) is 23.1 Å². The predicted molar refractivity (Wildman–Crippen MR) is 163 cm³/mol. The summed E-state index contributed by atoms with van der Waals surface area (Å²) in [6, 6.07) is 30.1. The minimum absolute atomic E-state index is 0.644. The number of para-hydroxylation sites is 3. The van der Waals surface area contributed by atoms with Crippen LogP contribution in [-0.4, -0.2) is 37.4 Å². The molecule has 0 atom stereocenters. The van der Waals surface area contributed by atoms with Crippen LogP contribution in [0.4, 0.5) is 11.5 Å². The first-order valence-corrected chi connectivity index (χ1v) is 14.2. The first kappa shape index (κ1) is 25.9. The number of aromatic nitrogens is 1. The summed E-state index contributed by atoms with van der Waals surface area (Å²) in [7, 11) is 2.15. The highest BCUT2D eigenvalue weighted by Crippen LogP contribution is 2.45. The van der Waals surface area contributed by atoms with Crippen molar-refractivity contribution >= 4 is 46.1 Å². The van der Waals surface area contributed by atoms with Crippen molar-refractivity contribution in [3.05, 3.63) is 95.5 Å². The predicted octanol–water partition coefficient (Wildman–Crippen LogP) is 7.17. The van der Waals surface area contributed by atoms with Crippen LogP contribution in [0.15, 0.2) is 94.9 Å². The van der Waals surface area contributed by atoms with E-state index in [2.05, 4.69) is 125 Å². The van der Waals surface area contributed by atoms with E-state index in [0.717, 1.165) is 44.0 Å². The fourth-order valence-electron chi connectivity index (χ4n) is 5.02. The normalized spacial score (nSPS) is 13.7. The number of thioether (sulfide) groups is 1. The molecular formula is C32H36N5S+. The SMILES string of the molecule is CCCN(CCCNc1cc(C=C2Sc3ccccc3N2C)c2ccccc2[n+]1-c1ccccc1)C(C)=N. The van der Waals surface area contributed by atoms with Gasteiger partial charge in [-0.25, -0.2) is 0 Å². The Labute approximate surface area is 230 Å². The van der Waals surface area contributed by atoms with E-state index in [1.54, 1.807) is 0 Å². The fourth-order valence-corrected chi connectivity index (χ4v) is 6.12. The highest BCUT2D eigenvalue weighted by atomic mass is 32.2. The zero-order valence-corrected chi connectivity index (χ0v) is 23.3. The number of amidine groups is 1. The Hall–Kier alpha value is -3.77. The molecule has 194 valence electrons. The molecule has 0 bridgehead atoms. The molecule has 3 aromatic carbocycles. The summed E-state index contributed by atoms with van der Waals surface area (Å²) in [6.07, 6.45) is 4.33. The third kappa shape index (κ3) is 5.41. The van der Waals surface area contributed by atoms with Gasteiger partial charge in [0.25, 0.3) is 5.82 Å². The Balaban J connectivity index is 1.53. The van der Waals surface area contributed by atoms with Gasteiger partial charge < -0.3 is 9.80 Å². The largest absolute Gasteiger partial charge is 0.361 e. The summed E-state index contributed by atoms with van der Waals surface area (Å²) < 4.78 is 2.32. The van der Waals surface area contributed by atoms with Crippen LogP contribution in [0.1, 0.15) is 32.3 Å². The molecule has 2 heterocycles. The van der Waals surface area contributed by atoms with E-state index in [1.807, 2.05) is 18.7 Å². The zero-order chi connectivity index (χ0) is 26.5. The Bertz CT molecular complexity index is 1460. The number of hydrogen-bond acceptors (Lipinski definition) is 4. The topological polar surface area (TPSA) is 46.2 Å². The molecule has 0 unspecified atom stereocenters. The van der Waals surface area contributed by atoms with Crippen LogP contribution in [-0.2, 0) is 0 Å². The number of nitrogens with zero attached hydrogens (tertiary/aromatic N) is 3. The van der Waals surface area contributed by atoms with Crippen LogP contribution in [0.3, 0.4) is 0 Å². The molecule has 0 saturated heterocycles. The van der Waals surface area contributed by atoms with E-state index < -0.39 is 0 Å². The standard InChI is InChI=1S/C32H35N5S/c1-4-20-36(24(2)33)21-12-19-34-31-22-25(23-32-35(3)29-17-10-11-18-30(29)38-32)27-15-8-9-16-28(27)37(31)26-13-6-5-7-14-26/h5-11,13-18,22-23,33H,4,12,19-21H2,1-3H3/p+1. The summed E-state index contributed by atoms with van der Waals surface area (Å²) in [5, 5.41) is 14.3. The van der Waals surface area contributed by atoms with Crippen molar-refractivity contribution in [1.29, 1.82) is 5.41 Å². The molecule has 38 heavy (non-hydrogen) atoms. The number of hydrogen-bond donors (Lipinski definition) is 2. The fraction of sp³-hybridized carbons (Fsp3) is 0.250. The van der Waals surface area contributed by atoms with Gasteiger partial charge in [-0.05, 0) is 55.3 Å². The van der Waals surface area contributed by atoms with Gasteiger partial charge in [-0.3, -0.25) is 10.7 Å². The van der Waals surface area contributed by atoms with E-state index in [-0.39, 0.29) is 0 Å². The second-order valence-corrected chi connectivity index (χ2v) is 10.7. The second-order valence-electron chi connectivity index (χ2n) is 9.64. The Morgan fingerprint density at radius 2 is 1.74 bits per heavy atom. The average Bonchev–Trinajstić information content (AvgIpc) is 3.25. The monoisotopic (exact) mass is 522 g/mol. The number of fused-ring (bicyclic) bond motifs is 2. The molecule has 1 aliphatic rings. The van der Waals surface area contributed by atoms with Crippen molar-refractivity contribution in [1.82, 2.24) is 4.90 Å². The average molecular weight is 523 g/mol. The second kappa shape index (κ2) is 11.7. The molecule has 6 heteroatoms. The van der Waals surface area contributed by atoms with Crippen LogP contribution in [0, 0.1) is 5.41 Å². The van der Waals surface area contributed by atoms with Gasteiger partial charge in [-0.2, -0.15) is 4.57 Å². The zero-order valence-electron chi connectivity index (χ0n) is 22.4. The van der Waals surface area contributed by atoms with Gasteiger partial charge >= 0.3 is 0 Å². The minimum atomic E-state index is 0.644. The number of anilines is 2. The lowest BCUT2D eigenvalue weighted by molar-refractivity contribution is -0.551. The van der Waals surface area contributed by atoms with E-state index >= 15 is 0 Å². The Kier molecular flexibility index (Phi) is 7.99. The van der Waals surface area contributed by atoms with E-state index in [1.165, 1.54) is 32.1 Å². The van der Waals surface area contributed by atoms with Gasteiger partial charge in [-0.15, -0.1) is 0 Å². The van der Waals surface area contributed by atoms with E-state index in [0.29, 0.717) is 5.84 Å². The van der Waals surface area contributed by atoms with Crippen molar-refractivity contribution in [2.24, 2.45) is 0 Å². The third-order valence-corrected chi connectivity index (χ3v) is 8.10. The van der Waals surface area contributed by atoms with Crippen molar-refractivity contribution < 1.29 is 4.57 Å². The summed E-state index contributed by atoms with van der Waals surface area (Å²) in [6.45, 7) is 6.69. The lowest BCUT2D eigenvalue weighted by Crippen LogP contribution is -2.37. The maximum absolute atomic E-state index is 8.08. The van der Waals surface area contributed by atoms with Crippen LogP contribution in [0.25, 0.3) is 22.7 Å². The molecule has 5 nitrogen and oxygen atoms in total. The molecule has 1 aromatic heterocycles. The molecule has 0 aliphatic carbocycles. The van der Waals surface area contributed by atoms with Crippen LogP contribution < -0.4 is 14.8 Å². The number of pyridine rings is 1. The lowest BCUT2D eigenvalue weighted by Gasteiger charge is -2.22. The Morgan fingerprint density at radius 3 is 2.50 bits per heavy atom. The van der Waals surface area contributed by atoms with Crippen LogP contribution in [0.5, 0.6) is 0 Å². The summed E-state index contributed by atoms with van der Waals surface area (Å²) in [4.78, 5) is 5.73. The van der Waals surface area contributed by atoms with Crippen molar-refractivity contribution in [3.63, 3.8) is 0 Å². The highest BCUT2D eigenvalue weighted by molar-refractivity contribution is 8.03. The quantitative estimate of drug-likeness (QED) is 0.106. The molecule has 2 N–H and O–H groups in total. The lowest BCUT2D eigenvalue weighted by atomic mass is 10.1. The van der Waals surface area contributed by atoms with Gasteiger partial charge in [0.2, 0.25) is 0 Å². The van der Waals surface area contributed by atoms with Gasteiger partial charge in [-0.1, -0.05) is 67.2 Å². The minimum Gasteiger partial charge on any atom is -0.361 e. The molecule has 0 fully saturated rings. The molecule has 1 aliphatic heterocycles. The molecular weight excluding hydrogens is 486 g/mol. The molecule has 5 rings (SSSR count). The van der Waals surface area contributed by atoms with Gasteiger partial charge in [0.1, 0.15) is 11.2 Å². The smallest absolute Gasteiger partial charge is 0.280 e. The number of rotatable bonds is 9. The van der Waals surface area contributed by atoms with Crippen molar-refractivity contribution in [2.45, 2.75) is 31.6 Å². The molecule has 0 amide bonds. The van der Waals surface area contributed by atoms with Crippen molar-refractivity contribution in [2.75, 3.05) is 36.9 Å². The summed E-state index contributed by atoms with van der Waals surface area (Å²) in [5.41, 5.74) is 4.75. The molecule has 0 spiro atoms. The first-order chi connectivity index (χ1) is 18.6. The highest BCUT2D eigenvalue weighted by Gasteiger charge is 2.23. The Morgan fingerprint density at radius 1 is 1.00 bits per heavy atom. The maximum Gasteiger partial charge on any atom is 0.280 e. The molecule has 0 saturated carbocycles. The van der Waals surface area contributed by atoms with Crippen LogP contribution >= 0.6 is 11.8 Å². The third-order valence-electron chi connectivity index (χ3n) is 6.93. The number of nitrogens with one attached hydrogen (secondary N) is 2.